The highest BCUT2D eigenvalue weighted by Gasteiger charge is 2.67. The van der Waals surface area contributed by atoms with Crippen molar-refractivity contribution in [1.29, 1.82) is 0 Å². The first-order valence-corrected chi connectivity index (χ1v) is 13.1. The molecule has 0 spiro atoms. The predicted molar refractivity (Wildman–Crippen MR) is 136 cm³/mol. The molecule has 37 heavy (non-hydrogen) atoms. The van der Waals surface area contributed by atoms with Gasteiger partial charge in [-0.2, -0.15) is 0 Å². The molecule has 8 rings (SSSR count). The van der Waals surface area contributed by atoms with E-state index in [-0.39, 0.29) is 54.4 Å². The Labute approximate surface area is 215 Å². The summed E-state index contributed by atoms with van der Waals surface area (Å²) in [6.07, 6.45) is 5.56. The van der Waals surface area contributed by atoms with Crippen molar-refractivity contribution < 1.29 is 23.9 Å². The second-order valence-electron chi connectivity index (χ2n) is 11.2. The lowest BCUT2D eigenvalue weighted by Gasteiger charge is -2.37. The molecule has 4 aliphatic carbocycles. The molecule has 0 aromatic heterocycles. The van der Waals surface area contributed by atoms with Crippen molar-refractivity contribution in [2.45, 2.75) is 26.7 Å². The molecular formula is C30H28N2O5. The zero-order chi connectivity index (χ0) is 25.6. The van der Waals surface area contributed by atoms with Crippen LogP contribution in [0.2, 0.25) is 0 Å². The highest BCUT2D eigenvalue weighted by Crippen LogP contribution is 2.65. The molecule has 2 aromatic rings. The number of amides is 3. The van der Waals surface area contributed by atoms with Crippen LogP contribution >= 0.6 is 0 Å². The summed E-state index contributed by atoms with van der Waals surface area (Å²) in [5, 5.41) is 0. The van der Waals surface area contributed by atoms with Crippen LogP contribution in [-0.2, 0) is 19.2 Å². The number of nitrogens with zero attached hydrogens (tertiary/aromatic N) is 2. The van der Waals surface area contributed by atoms with Crippen LogP contribution in [0.4, 0.5) is 11.4 Å². The minimum Gasteiger partial charge on any atom is -0.426 e. The van der Waals surface area contributed by atoms with Gasteiger partial charge in [-0.25, -0.2) is 4.90 Å². The quantitative estimate of drug-likeness (QED) is 0.278. The number of ether oxygens (including phenoxy) is 1. The fourth-order valence-corrected chi connectivity index (χ4v) is 7.30. The highest BCUT2D eigenvalue weighted by atomic mass is 16.5. The van der Waals surface area contributed by atoms with Gasteiger partial charge in [0.15, 0.2) is 0 Å². The van der Waals surface area contributed by atoms with Crippen molar-refractivity contribution >= 4 is 35.1 Å². The first kappa shape index (κ1) is 22.5. The number of aryl methyl sites for hydroxylation is 2. The van der Waals surface area contributed by atoms with E-state index in [1.165, 1.54) is 4.90 Å². The van der Waals surface area contributed by atoms with Gasteiger partial charge < -0.3 is 9.64 Å². The molecule has 2 aliphatic heterocycles. The lowest BCUT2D eigenvalue weighted by Crippen LogP contribution is -2.40. The third-order valence-electron chi connectivity index (χ3n) is 9.16. The predicted octanol–water partition coefficient (Wildman–Crippen LogP) is 3.82. The SMILES string of the molecule is Cc1ccccc1N1C[C@H](C(=O)Oc2ccc(N3C(=O)[C@@H]4[C@H]5C=C[C@@H]([C@@H]6C[C@H]56)[C@H]4C3=O)c(C)c2)CC1=O. The van der Waals surface area contributed by atoms with Crippen LogP contribution in [-0.4, -0.2) is 30.2 Å². The molecule has 7 atom stereocenters. The summed E-state index contributed by atoms with van der Waals surface area (Å²) in [5.74, 6) is -0.0287. The Hall–Kier alpha value is -3.74. The number of anilines is 2. The van der Waals surface area contributed by atoms with Crippen LogP contribution in [0.15, 0.2) is 54.6 Å². The van der Waals surface area contributed by atoms with Gasteiger partial charge in [-0.05, 0) is 79.3 Å². The Bertz CT molecular complexity index is 1380. The first-order valence-electron chi connectivity index (χ1n) is 13.1. The van der Waals surface area contributed by atoms with E-state index in [0.717, 1.165) is 17.7 Å². The lowest BCUT2D eigenvalue weighted by molar-refractivity contribution is -0.139. The van der Waals surface area contributed by atoms with E-state index < -0.39 is 11.9 Å². The third-order valence-corrected chi connectivity index (χ3v) is 9.16. The number of allylic oxidation sites excluding steroid dienone is 2. The van der Waals surface area contributed by atoms with Gasteiger partial charge in [0.05, 0.1) is 23.4 Å². The Morgan fingerprint density at radius 1 is 0.865 bits per heavy atom. The second kappa shape index (κ2) is 7.88. The monoisotopic (exact) mass is 496 g/mol. The first-order chi connectivity index (χ1) is 17.8. The minimum atomic E-state index is -0.564. The van der Waals surface area contributed by atoms with Crippen molar-refractivity contribution in [2.75, 3.05) is 16.3 Å². The molecule has 2 saturated heterocycles. The van der Waals surface area contributed by atoms with Crippen LogP contribution in [0.5, 0.6) is 5.75 Å². The zero-order valence-electron chi connectivity index (χ0n) is 20.8. The minimum absolute atomic E-state index is 0.0994. The summed E-state index contributed by atoms with van der Waals surface area (Å²) >= 11 is 0. The summed E-state index contributed by atoms with van der Waals surface area (Å²) in [6.45, 7) is 4.03. The van der Waals surface area contributed by atoms with Crippen LogP contribution in [0, 0.1) is 55.3 Å². The standard InChI is InChI=1S/C30H28N2O5/c1-15-5-3-4-6-23(15)31-14-17(12-25(31)33)30(36)37-18-7-10-24(16(2)11-18)32-28(34)26-19-8-9-20(22-13-21(19)22)27(26)29(32)35/h3-11,17,19-22,26-27H,12-14H2,1-2H3/t17-,19+,20+,21-,22+,26-,27-/m1/s1. The van der Waals surface area contributed by atoms with Gasteiger partial charge in [0, 0.05) is 18.7 Å². The largest absolute Gasteiger partial charge is 0.426 e. The molecule has 3 amide bonds. The number of rotatable bonds is 4. The van der Waals surface area contributed by atoms with E-state index in [2.05, 4.69) is 12.2 Å². The van der Waals surface area contributed by atoms with Crippen molar-refractivity contribution in [3.63, 3.8) is 0 Å². The molecule has 2 heterocycles. The van der Waals surface area contributed by atoms with Crippen molar-refractivity contribution in [3.05, 3.63) is 65.7 Å². The molecule has 2 aromatic carbocycles. The number of imide groups is 1. The number of carbonyl (C=O) groups excluding carboxylic acids is 4. The maximum atomic E-state index is 13.4. The van der Waals surface area contributed by atoms with Gasteiger partial charge in [0.2, 0.25) is 17.7 Å². The zero-order valence-corrected chi connectivity index (χ0v) is 20.8. The van der Waals surface area contributed by atoms with Gasteiger partial charge in [0.25, 0.3) is 0 Å². The molecule has 0 radical (unpaired) electrons. The average Bonchev–Trinajstić information content (AvgIpc) is 3.56. The Balaban J connectivity index is 1.07. The lowest BCUT2D eigenvalue weighted by atomic mass is 9.63. The van der Waals surface area contributed by atoms with Crippen LogP contribution < -0.4 is 14.5 Å². The van der Waals surface area contributed by atoms with E-state index in [9.17, 15) is 19.2 Å². The Kier molecular flexibility index (Phi) is 4.78. The molecule has 7 heteroatoms. The average molecular weight is 497 g/mol. The van der Waals surface area contributed by atoms with Gasteiger partial charge >= 0.3 is 5.97 Å². The van der Waals surface area contributed by atoms with E-state index >= 15 is 0 Å². The summed E-state index contributed by atoms with van der Waals surface area (Å²) in [5.41, 5.74) is 3.03. The summed E-state index contributed by atoms with van der Waals surface area (Å²) in [6, 6.07) is 12.6. The number of hydrogen-bond acceptors (Lipinski definition) is 5. The number of benzene rings is 2. The van der Waals surface area contributed by atoms with E-state index in [4.69, 9.17) is 4.74 Å². The van der Waals surface area contributed by atoms with Gasteiger partial charge in [-0.3, -0.25) is 19.2 Å². The fourth-order valence-electron chi connectivity index (χ4n) is 7.30. The highest BCUT2D eigenvalue weighted by molar-refractivity contribution is 6.23. The maximum Gasteiger partial charge on any atom is 0.316 e. The Morgan fingerprint density at radius 3 is 2.19 bits per heavy atom. The third kappa shape index (κ3) is 3.26. The topological polar surface area (TPSA) is 84.0 Å². The van der Waals surface area contributed by atoms with Crippen molar-refractivity contribution in [3.8, 4) is 5.75 Å². The normalized spacial score (nSPS) is 33.1. The Morgan fingerprint density at radius 2 is 1.54 bits per heavy atom. The number of hydrogen-bond donors (Lipinski definition) is 0. The summed E-state index contributed by atoms with van der Waals surface area (Å²) in [7, 11) is 0. The second-order valence-corrected chi connectivity index (χ2v) is 11.2. The van der Waals surface area contributed by atoms with Gasteiger partial charge in [-0.1, -0.05) is 30.4 Å². The van der Waals surface area contributed by atoms with Crippen LogP contribution in [0.3, 0.4) is 0 Å². The molecular weight excluding hydrogens is 468 g/mol. The molecule has 0 N–H and O–H groups in total. The number of carbonyl (C=O) groups is 4. The van der Waals surface area contributed by atoms with Crippen LogP contribution in [0.1, 0.15) is 24.0 Å². The molecule has 188 valence electrons. The van der Waals surface area contributed by atoms with Crippen molar-refractivity contribution in [1.82, 2.24) is 0 Å². The molecule has 7 nitrogen and oxygen atoms in total. The van der Waals surface area contributed by atoms with Gasteiger partial charge in [-0.15, -0.1) is 0 Å². The summed E-state index contributed by atoms with van der Waals surface area (Å²) < 4.78 is 5.66. The van der Waals surface area contributed by atoms with Crippen molar-refractivity contribution in [2.24, 2.45) is 41.4 Å². The van der Waals surface area contributed by atoms with Gasteiger partial charge in [0.1, 0.15) is 5.75 Å². The molecule has 2 bridgehead atoms. The smallest absolute Gasteiger partial charge is 0.316 e. The molecule has 4 fully saturated rings. The maximum absolute atomic E-state index is 13.4. The molecule has 6 aliphatic rings. The molecule has 0 unspecified atom stereocenters. The number of esters is 1. The van der Waals surface area contributed by atoms with Crippen LogP contribution in [0.25, 0.3) is 0 Å². The van der Waals surface area contributed by atoms with E-state index in [1.54, 1.807) is 23.1 Å². The fraction of sp³-hybridized carbons (Fsp3) is 0.400. The number of para-hydroxylation sites is 1. The van der Waals surface area contributed by atoms with E-state index in [0.29, 0.717) is 28.8 Å². The summed E-state index contributed by atoms with van der Waals surface area (Å²) in [4.78, 5) is 55.5. The van der Waals surface area contributed by atoms with E-state index in [1.807, 2.05) is 38.1 Å². The molecule has 2 saturated carbocycles.